The molecule has 0 radical (unpaired) electrons. The highest BCUT2D eigenvalue weighted by Gasteiger charge is 2.53. The van der Waals surface area contributed by atoms with Gasteiger partial charge in [0.05, 0.1) is 6.61 Å². The fraction of sp³-hybridized carbons (Fsp3) is 0.765. The standard InChI is InChI=1S/C34H58O4Si/c1-26(2)39(27(3)4,28(5)6)38-22-20-34(25-36)30(23-35)16-17-31-32(34)15-11-18-33(31,7)19-12-21-37-24-29-13-9-8-10-14-29/h8-10,13-14,17,26-28,30,32,35-36H,11-12,15-16,18-25H2,1-7H3/t30-,32+,33+,34-/m0/s1. The first-order valence-electron chi connectivity index (χ1n) is 15.7. The van der Waals surface area contributed by atoms with Gasteiger partial charge in [0.25, 0.3) is 0 Å². The molecule has 4 atom stereocenters. The van der Waals surface area contributed by atoms with Crippen LogP contribution in [0.15, 0.2) is 42.0 Å². The number of benzene rings is 1. The summed E-state index contributed by atoms with van der Waals surface area (Å²) in [6.07, 6.45) is 9.74. The van der Waals surface area contributed by atoms with Crippen molar-refractivity contribution in [2.24, 2.45) is 22.7 Å². The maximum atomic E-state index is 11.1. The molecule has 0 amide bonds. The van der Waals surface area contributed by atoms with Crippen molar-refractivity contribution in [2.45, 2.75) is 117 Å². The quantitative estimate of drug-likeness (QED) is 0.129. The van der Waals surface area contributed by atoms with Crippen molar-refractivity contribution in [3.8, 4) is 0 Å². The van der Waals surface area contributed by atoms with Crippen molar-refractivity contribution in [3.05, 3.63) is 47.5 Å². The predicted octanol–water partition coefficient (Wildman–Crippen LogP) is 8.29. The van der Waals surface area contributed by atoms with Crippen molar-refractivity contribution < 1.29 is 19.4 Å². The minimum atomic E-state index is -1.98. The summed E-state index contributed by atoms with van der Waals surface area (Å²) in [5.41, 5.74) is 4.21. The van der Waals surface area contributed by atoms with Gasteiger partial charge in [0, 0.05) is 31.8 Å². The van der Waals surface area contributed by atoms with Crippen LogP contribution in [0.4, 0.5) is 0 Å². The van der Waals surface area contributed by atoms with Crippen LogP contribution < -0.4 is 0 Å². The molecule has 39 heavy (non-hydrogen) atoms. The third kappa shape index (κ3) is 6.92. The summed E-state index contributed by atoms with van der Waals surface area (Å²) in [5.74, 6) is 0.402. The van der Waals surface area contributed by atoms with Gasteiger partial charge in [-0.3, -0.25) is 0 Å². The van der Waals surface area contributed by atoms with Crippen molar-refractivity contribution in [2.75, 3.05) is 26.4 Å². The van der Waals surface area contributed by atoms with E-state index in [1.807, 2.05) is 6.07 Å². The summed E-state index contributed by atoms with van der Waals surface area (Å²) < 4.78 is 13.0. The zero-order chi connectivity index (χ0) is 28.7. The maximum Gasteiger partial charge on any atom is 0.200 e. The maximum absolute atomic E-state index is 11.1. The SMILES string of the molecule is CC(C)[Si](OCC[C@]1(CO)[C@H](CO)CC=C2[C@H]1CCC[C@]2(C)CCCOCc1ccccc1)(C(C)C)C(C)C. The highest BCUT2D eigenvalue weighted by atomic mass is 28.4. The smallest absolute Gasteiger partial charge is 0.200 e. The average molecular weight is 559 g/mol. The van der Waals surface area contributed by atoms with Crippen molar-refractivity contribution in [3.63, 3.8) is 0 Å². The van der Waals surface area contributed by atoms with Gasteiger partial charge in [-0.1, -0.05) is 96.9 Å². The Kier molecular flexibility index (Phi) is 11.9. The van der Waals surface area contributed by atoms with E-state index >= 15 is 0 Å². The summed E-state index contributed by atoms with van der Waals surface area (Å²) in [7, 11) is -1.98. The molecule has 2 N–H and O–H groups in total. The number of aliphatic hydroxyl groups is 2. The molecule has 3 rings (SSSR count). The Morgan fingerprint density at radius 1 is 0.949 bits per heavy atom. The Bertz CT molecular complexity index is 876. The molecule has 1 saturated carbocycles. The van der Waals surface area contributed by atoms with Gasteiger partial charge >= 0.3 is 0 Å². The molecule has 0 bridgehead atoms. The van der Waals surface area contributed by atoms with E-state index in [0.717, 1.165) is 38.7 Å². The third-order valence-electron chi connectivity index (χ3n) is 10.7. The minimum absolute atomic E-state index is 0.0876. The number of fused-ring (bicyclic) bond motifs is 1. The van der Waals surface area contributed by atoms with Gasteiger partial charge in [-0.25, -0.2) is 0 Å². The van der Waals surface area contributed by atoms with Crippen LogP contribution in [0.25, 0.3) is 0 Å². The minimum Gasteiger partial charge on any atom is -0.416 e. The lowest BCUT2D eigenvalue weighted by atomic mass is 9.50. The number of hydrogen-bond acceptors (Lipinski definition) is 4. The number of rotatable bonds is 15. The Labute approximate surface area is 240 Å². The topological polar surface area (TPSA) is 58.9 Å². The van der Waals surface area contributed by atoms with Crippen LogP contribution in [0.5, 0.6) is 0 Å². The number of allylic oxidation sites excluding steroid dienone is 2. The van der Waals surface area contributed by atoms with E-state index in [-0.39, 0.29) is 30.0 Å². The van der Waals surface area contributed by atoms with Crippen LogP contribution in [-0.4, -0.2) is 45.0 Å². The molecule has 0 saturated heterocycles. The third-order valence-corrected chi connectivity index (χ3v) is 16.8. The molecule has 2 aliphatic carbocycles. The van der Waals surface area contributed by atoms with E-state index in [4.69, 9.17) is 9.16 Å². The lowest BCUT2D eigenvalue weighted by Crippen LogP contribution is -2.52. The second-order valence-corrected chi connectivity index (χ2v) is 19.2. The highest BCUT2D eigenvalue weighted by Crippen LogP contribution is 2.59. The van der Waals surface area contributed by atoms with Crippen LogP contribution in [0.2, 0.25) is 16.6 Å². The van der Waals surface area contributed by atoms with Crippen LogP contribution in [-0.2, 0) is 15.8 Å². The van der Waals surface area contributed by atoms with Crippen molar-refractivity contribution in [1.82, 2.24) is 0 Å². The molecule has 222 valence electrons. The predicted molar refractivity (Wildman–Crippen MR) is 165 cm³/mol. The zero-order valence-corrected chi connectivity index (χ0v) is 27.0. The molecule has 0 aliphatic heterocycles. The van der Waals surface area contributed by atoms with Gasteiger partial charge in [0.15, 0.2) is 8.32 Å². The average Bonchev–Trinajstić information content (AvgIpc) is 2.91. The molecule has 1 fully saturated rings. The highest BCUT2D eigenvalue weighted by molar-refractivity contribution is 6.77. The fourth-order valence-corrected chi connectivity index (χ4v) is 14.1. The molecular formula is C34H58O4Si. The molecule has 0 spiro atoms. The second-order valence-electron chi connectivity index (χ2n) is 13.7. The first-order valence-corrected chi connectivity index (χ1v) is 17.9. The molecule has 1 aromatic rings. The summed E-state index contributed by atoms with van der Waals surface area (Å²) in [4.78, 5) is 0. The van der Waals surface area contributed by atoms with Crippen LogP contribution in [0, 0.1) is 22.7 Å². The summed E-state index contributed by atoms with van der Waals surface area (Å²) in [5, 5.41) is 21.6. The van der Waals surface area contributed by atoms with Gasteiger partial charge in [-0.05, 0) is 78.0 Å². The lowest BCUT2D eigenvalue weighted by molar-refractivity contribution is -0.0515. The zero-order valence-electron chi connectivity index (χ0n) is 26.0. The molecule has 0 aromatic heterocycles. The van der Waals surface area contributed by atoms with E-state index in [1.54, 1.807) is 0 Å². The molecule has 5 heteroatoms. The first kappa shape index (κ1) is 32.5. The number of hydrogen-bond donors (Lipinski definition) is 2. The van der Waals surface area contributed by atoms with Gasteiger partial charge in [0.2, 0.25) is 0 Å². The summed E-state index contributed by atoms with van der Waals surface area (Å²) >= 11 is 0. The molecule has 0 heterocycles. The Balaban J connectivity index is 1.72. The molecule has 1 aromatic carbocycles. The molecule has 4 nitrogen and oxygen atoms in total. The van der Waals surface area contributed by atoms with Gasteiger partial charge in [0.1, 0.15) is 0 Å². The van der Waals surface area contributed by atoms with Crippen LogP contribution in [0.3, 0.4) is 0 Å². The largest absolute Gasteiger partial charge is 0.416 e. The van der Waals surface area contributed by atoms with Gasteiger partial charge in [-0.2, -0.15) is 0 Å². The number of aliphatic hydroxyl groups excluding tert-OH is 2. The van der Waals surface area contributed by atoms with E-state index in [9.17, 15) is 10.2 Å². The van der Waals surface area contributed by atoms with Crippen LogP contribution in [0.1, 0.15) is 99.0 Å². The monoisotopic (exact) mass is 558 g/mol. The normalized spacial score (nSPS) is 27.7. The lowest BCUT2D eigenvalue weighted by Gasteiger charge is -2.55. The molecule has 2 aliphatic rings. The summed E-state index contributed by atoms with van der Waals surface area (Å²) in [6.45, 7) is 18.8. The molecular weight excluding hydrogens is 500 g/mol. The van der Waals surface area contributed by atoms with E-state index in [2.05, 4.69) is 78.8 Å². The molecule has 0 unspecified atom stereocenters. The first-order chi connectivity index (χ1) is 18.6. The van der Waals surface area contributed by atoms with Gasteiger partial charge < -0.3 is 19.4 Å². The van der Waals surface area contributed by atoms with Gasteiger partial charge in [-0.15, -0.1) is 0 Å². The van der Waals surface area contributed by atoms with E-state index in [1.165, 1.54) is 24.0 Å². The Morgan fingerprint density at radius 2 is 1.62 bits per heavy atom. The Hall–Kier alpha value is -0.983. The fourth-order valence-electron chi connectivity index (χ4n) is 8.66. The number of ether oxygens (including phenoxy) is 1. The van der Waals surface area contributed by atoms with Crippen molar-refractivity contribution >= 4 is 8.32 Å². The van der Waals surface area contributed by atoms with E-state index in [0.29, 0.717) is 35.8 Å². The second kappa shape index (κ2) is 14.3. The van der Waals surface area contributed by atoms with Crippen LogP contribution >= 0.6 is 0 Å². The van der Waals surface area contributed by atoms with Crippen molar-refractivity contribution in [1.29, 1.82) is 0 Å². The Morgan fingerprint density at radius 3 is 2.21 bits per heavy atom. The summed E-state index contributed by atoms with van der Waals surface area (Å²) in [6, 6.07) is 10.4. The van der Waals surface area contributed by atoms with E-state index < -0.39 is 8.32 Å².